The van der Waals surface area contributed by atoms with Crippen LogP contribution in [0.15, 0.2) is 12.3 Å². The van der Waals surface area contributed by atoms with Gasteiger partial charge in [0, 0.05) is 26.3 Å². The molecule has 1 fully saturated rings. The second kappa shape index (κ2) is 4.67. The number of hydrogen-bond donors (Lipinski definition) is 1. The lowest BCUT2D eigenvalue weighted by molar-refractivity contribution is -0.138. The van der Waals surface area contributed by atoms with Crippen LogP contribution in [-0.4, -0.2) is 39.1 Å². The lowest BCUT2D eigenvalue weighted by Gasteiger charge is -2.12. The zero-order valence-corrected chi connectivity index (χ0v) is 10.0. The Morgan fingerprint density at radius 3 is 2.82 bits per heavy atom. The molecule has 1 saturated heterocycles. The van der Waals surface area contributed by atoms with Gasteiger partial charge < -0.3 is 0 Å². The number of aryl methyl sites for hydroxylation is 1. The van der Waals surface area contributed by atoms with Crippen LogP contribution < -0.4 is 5.32 Å². The van der Waals surface area contributed by atoms with E-state index in [0.29, 0.717) is 13.1 Å². The predicted octanol–water partition coefficient (Wildman–Crippen LogP) is -0.343. The molecule has 1 unspecified atom stereocenters. The fourth-order valence-electron chi connectivity index (χ4n) is 1.96. The smallest absolute Gasteiger partial charge is 0.246 e. The fourth-order valence-corrected chi connectivity index (χ4v) is 1.96. The predicted molar refractivity (Wildman–Crippen MR) is 60.8 cm³/mol. The molecule has 0 radical (unpaired) electrons. The number of rotatable bonds is 4. The van der Waals surface area contributed by atoms with Crippen molar-refractivity contribution in [1.82, 2.24) is 20.0 Å². The van der Waals surface area contributed by atoms with Gasteiger partial charge in [0.05, 0.1) is 18.2 Å². The summed E-state index contributed by atoms with van der Waals surface area (Å²) in [5, 5.41) is 7.27. The Hall–Kier alpha value is -1.69. The van der Waals surface area contributed by atoms with Crippen molar-refractivity contribution in [2.45, 2.75) is 25.9 Å². The maximum Gasteiger partial charge on any atom is 0.246 e. The van der Waals surface area contributed by atoms with Gasteiger partial charge in [-0.15, -0.1) is 0 Å². The Kier molecular flexibility index (Phi) is 3.23. The second-order valence-corrected chi connectivity index (χ2v) is 4.09. The molecule has 1 aromatic heterocycles. The molecule has 17 heavy (non-hydrogen) atoms. The minimum Gasteiger partial charge on any atom is -0.300 e. The molecule has 1 aliphatic rings. The average Bonchev–Trinajstić information content (AvgIpc) is 2.81. The summed E-state index contributed by atoms with van der Waals surface area (Å²) >= 11 is 0. The average molecular weight is 236 g/mol. The van der Waals surface area contributed by atoms with Crippen LogP contribution in [0.3, 0.4) is 0 Å². The summed E-state index contributed by atoms with van der Waals surface area (Å²) in [4.78, 5) is 24.6. The minimum absolute atomic E-state index is 0.101. The van der Waals surface area contributed by atoms with Gasteiger partial charge in [0.25, 0.3) is 0 Å². The van der Waals surface area contributed by atoms with Gasteiger partial charge in [-0.1, -0.05) is 0 Å². The Morgan fingerprint density at radius 2 is 2.29 bits per heavy atom. The van der Waals surface area contributed by atoms with Gasteiger partial charge in [-0.25, -0.2) is 0 Å². The topological polar surface area (TPSA) is 67.2 Å². The van der Waals surface area contributed by atoms with Crippen molar-refractivity contribution in [1.29, 1.82) is 0 Å². The van der Waals surface area contributed by atoms with Crippen LogP contribution in [0.4, 0.5) is 0 Å². The molecule has 1 aliphatic heterocycles. The van der Waals surface area contributed by atoms with Crippen molar-refractivity contribution < 1.29 is 9.59 Å². The standard InChI is InChI=1S/C11H16N4O2/c1-3-15-10(16)6-9(11(15)17)12-7-8-4-5-14(2)13-8/h4-5,9,12H,3,6-7H2,1-2H3. The number of carbonyl (C=O) groups is 2. The Labute approximate surface area is 99.6 Å². The van der Waals surface area contributed by atoms with Crippen molar-refractivity contribution in [3.8, 4) is 0 Å². The van der Waals surface area contributed by atoms with Crippen molar-refractivity contribution in [3.05, 3.63) is 18.0 Å². The maximum atomic E-state index is 11.8. The summed E-state index contributed by atoms with van der Waals surface area (Å²) in [6, 6.07) is 1.48. The van der Waals surface area contributed by atoms with Crippen molar-refractivity contribution in [2.75, 3.05) is 6.54 Å². The first kappa shape index (κ1) is 11.8. The number of nitrogens with zero attached hydrogens (tertiary/aromatic N) is 3. The van der Waals surface area contributed by atoms with Gasteiger partial charge in [-0.2, -0.15) is 5.10 Å². The maximum absolute atomic E-state index is 11.8. The molecule has 2 heterocycles. The van der Waals surface area contributed by atoms with Crippen LogP contribution in [0.5, 0.6) is 0 Å². The van der Waals surface area contributed by atoms with Gasteiger partial charge in [-0.3, -0.25) is 24.5 Å². The molecule has 2 amide bonds. The summed E-state index contributed by atoms with van der Waals surface area (Å²) in [6.45, 7) is 2.75. The number of imide groups is 1. The van der Waals surface area contributed by atoms with E-state index in [0.717, 1.165) is 5.69 Å². The molecule has 0 saturated carbocycles. The SMILES string of the molecule is CCN1C(=O)CC(NCc2ccn(C)n2)C1=O. The van der Waals surface area contributed by atoms with E-state index in [9.17, 15) is 9.59 Å². The zero-order valence-electron chi connectivity index (χ0n) is 10.0. The van der Waals surface area contributed by atoms with E-state index in [1.165, 1.54) is 4.90 Å². The molecule has 1 N–H and O–H groups in total. The van der Waals surface area contributed by atoms with Crippen molar-refractivity contribution in [2.24, 2.45) is 7.05 Å². The summed E-state index contributed by atoms with van der Waals surface area (Å²) in [5.41, 5.74) is 0.864. The fraction of sp³-hybridized carbons (Fsp3) is 0.545. The van der Waals surface area contributed by atoms with E-state index in [1.807, 2.05) is 19.3 Å². The molecular formula is C11H16N4O2. The highest BCUT2D eigenvalue weighted by atomic mass is 16.2. The monoisotopic (exact) mass is 236 g/mol. The second-order valence-electron chi connectivity index (χ2n) is 4.09. The van der Waals surface area contributed by atoms with E-state index in [2.05, 4.69) is 10.4 Å². The zero-order chi connectivity index (χ0) is 12.4. The molecule has 0 aromatic carbocycles. The minimum atomic E-state index is -0.399. The van der Waals surface area contributed by atoms with Crippen LogP contribution >= 0.6 is 0 Å². The van der Waals surface area contributed by atoms with Gasteiger partial charge in [0.15, 0.2) is 0 Å². The molecular weight excluding hydrogens is 220 g/mol. The lowest BCUT2D eigenvalue weighted by Crippen LogP contribution is -2.38. The first-order valence-electron chi connectivity index (χ1n) is 5.68. The van der Waals surface area contributed by atoms with E-state index in [1.54, 1.807) is 11.6 Å². The summed E-state index contributed by atoms with van der Waals surface area (Å²) in [6.07, 6.45) is 2.09. The Morgan fingerprint density at radius 1 is 1.53 bits per heavy atom. The highest BCUT2D eigenvalue weighted by Gasteiger charge is 2.36. The number of hydrogen-bond acceptors (Lipinski definition) is 4. The van der Waals surface area contributed by atoms with Crippen LogP contribution in [0, 0.1) is 0 Å². The summed E-state index contributed by atoms with van der Waals surface area (Å²) in [5.74, 6) is -0.232. The van der Waals surface area contributed by atoms with E-state index in [-0.39, 0.29) is 18.2 Å². The molecule has 0 bridgehead atoms. The highest BCUT2D eigenvalue weighted by molar-refractivity contribution is 6.05. The molecule has 0 spiro atoms. The molecule has 0 aliphatic carbocycles. The molecule has 1 aromatic rings. The normalized spacial score (nSPS) is 20.4. The lowest BCUT2D eigenvalue weighted by atomic mass is 10.2. The van der Waals surface area contributed by atoms with Crippen molar-refractivity contribution in [3.63, 3.8) is 0 Å². The Bertz CT molecular complexity index is 440. The number of nitrogens with one attached hydrogen (secondary N) is 1. The van der Waals surface area contributed by atoms with Crippen LogP contribution in [0.2, 0.25) is 0 Å². The van der Waals surface area contributed by atoms with E-state index in [4.69, 9.17) is 0 Å². The van der Waals surface area contributed by atoms with Gasteiger partial charge in [0.1, 0.15) is 0 Å². The third-order valence-electron chi connectivity index (χ3n) is 2.86. The Balaban J connectivity index is 1.92. The molecule has 2 rings (SSSR count). The number of likely N-dealkylation sites (tertiary alicyclic amines) is 1. The first-order valence-corrected chi connectivity index (χ1v) is 5.68. The van der Waals surface area contributed by atoms with Crippen molar-refractivity contribution >= 4 is 11.8 Å². The summed E-state index contributed by atoms with van der Waals surface area (Å²) < 4.78 is 1.71. The molecule has 6 heteroatoms. The van der Waals surface area contributed by atoms with Crippen LogP contribution in [0.1, 0.15) is 19.0 Å². The molecule has 92 valence electrons. The van der Waals surface area contributed by atoms with E-state index >= 15 is 0 Å². The third-order valence-corrected chi connectivity index (χ3v) is 2.86. The largest absolute Gasteiger partial charge is 0.300 e. The van der Waals surface area contributed by atoms with Crippen LogP contribution in [-0.2, 0) is 23.2 Å². The quantitative estimate of drug-likeness (QED) is 0.726. The summed E-state index contributed by atoms with van der Waals surface area (Å²) in [7, 11) is 1.84. The highest BCUT2D eigenvalue weighted by Crippen LogP contribution is 2.12. The van der Waals surface area contributed by atoms with Gasteiger partial charge >= 0.3 is 0 Å². The number of aromatic nitrogens is 2. The van der Waals surface area contributed by atoms with Gasteiger partial charge in [0.2, 0.25) is 11.8 Å². The van der Waals surface area contributed by atoms with Crippen LogP contribution in [0.25, 0.3) is 0 Å². The number of amides is 2. The van der Waals surface area contributed by atoms with Gasteiger partial charge in [-0.05, 0) is 13.0 Å². The van der Waals surface area contributed by atoms with E-state index < -0.39 is 6.04 Å². The number of likely N-dealkylation sites (N-methyl/N-ethyl adjacent to an activating group) is 1. The molecule has 1 atom stereocenters. The molecule has 6 nitrogen and oxygen atoms in total. The first-order chi connectivity index (χ1) is 8.11. The number of carbonyl (C=O) groups excluding carboxylic acids is 2. The third kappa shape index (κ3) is 2.36.